The Morgan fingerprint density at radius 3 is 2.52 bits per heavy atom. The molecule has 1 saturated carbocycles. The van der Waals surface area contributed by atoms with Crippen molar-refractivity contribution in [1.82, 2.24) is 4.98 Å². The van der Waals surface area contributed by atoms with Crippen LogP contribution in [0.4, 0.5) is 4.39 Å². The molecular weight excluding hydrogens is 333 g/mol. The molecule has 2 aliphatic carbocycles. The molecule has 3 aromatic rings. The quantitative estimate of drug-likeness (QED) is 0.522. The van der Waals surface area contributed by atoms with E-state index in [1.165, 1.54) is 52.0 Å². The maximum Gasteiger partial charge on any atom is 0.123 e. The Morgan fingerprint density at radius 2 is 1.78 bits per heavy atom. The van der Waals surface area contributed by atoms with E-state index < -0.39 is 0 Å². The van der Waals surface area contributed by atoms with Crippen LogP contribution in [0, 0.1) is 5.82 Å². The molecule has 136 valence electrons. The van der Waals surface area contributed by atoms with Gasteiger partial charge in [-0.2, -0.15) is 0 Å². The molecule has 0 N–H and O–H groups in total. The second kappa shape index (κ2) is 6.60. The first kappa shape index (κ1) is 16.7. The predicted molar refractivity (Wildman–Crippen MR) is 108 cm³/mol. The van der Waals surface area contributed by atoms with Gasteiger partial charge in [-0.25, -0.2) is 4.39 Å². The largest absolute Gasteiger partial charge is 0.252 e. The summed E-state index contributed by atoms with van der Waals surface area (Å²) in [6, 6.07) is 15.8. The number of hydrogen-bond acceptors (Lipinski definition) is 1. The first-order valence-electron chi connectivity index (χ1n) is 10.2. The number of halogens is 1. The third kappa shape index (κ3) is 2.88. The van der Waals surface area contributed by atoms with E-state index in [4.69, 9.17) is 4.98 Å². The van der Waals surface area contributed by atoms with Crippen molar-refractivity contribution in [2.24, 2.45) is 0 Å². The molecule has 2 aromatic carbocycles. The number of aryl methyl sites for hydroxylation is 1. The average molecular weight is 357 g/mol. The van der Waals surface area contributed by atoms with Crippen molar-refractivity contribution in [3.63, 3.8) is 0 Å². The van der Waals surface area contributed by atoms with Crippen LogP contribution in [0.15, 0.2) is 48.5 Å². The molecule has 1 nitrogen and oxygen atoms in total. The molecule has 0 bridgehead atoms. The van der Waals surface area contributed by atoms with Crippen LogP contribution in [0.3, 0.4) is 0 Å². The highest BCUT2D eigenvalue weighted by Gasteiger charge is 2.32. The average Bonchev–Trinajstić information content (AvgIpc) is 3.54. The van der Waals surface area contributed by atoms with E-state index >= 15 is 0 Å². The molecule has 1 heterocycles. The minimum atomic E-state index is -0.176. The molecular formula is C25H24FN. The first-order valence-corrected chi connectivity index (χ1v) is 10.2. The van der Waals surface area contributed by atoms with Gasteiger partial charge < -0.3 is 0 Å². The highest BCUT2D eigenvalue weighted by molar-refractivity contribution is 5.81. The second-order valence-corrected chi connectivity index (χ2v) is 7.82. The Morgan fingerprint density at radius 1 is 1.00 bits per heavy atom. The van der Waals surface area contributed by atoms with Crippen molar-refractivity contribution in [3.05, 3.63) is 76.7 Å². The Hall–Kier alpha value is -2.48. The molecule has 0 aliphatic heterocycles. The maximum absolute atomic E-state index is 13.6. The third-order valence-electron chi connectivity index (χ3n) is 6.03. The number of fused-ring (bicyclic) bond motifs is 3. The lowest BCUT2D eigenvalue weighted by molar-refractivity contribution is 0.628. The predicted octanol–water partition coefficient (Wildman–Crippen LogP) is 6.48. The van der Waals surface area contributed by atoms with E-state index in [1.807, 2.05) is 12.1 Å². The van der Waals surface area contributed by atoms with Crippen LogP contribution in [0.5, 0.6) is 0 Å². The molecule has 1 aromatic heterocycles. The number of nitrogens with zero attached hydrogens (tertiary/aromatic N) is 1. The molecule has 5 rings (SSSR count). The van der Waals surface area contributed by atoms with Gasteiger partial charge >= 0.3 is 0 Å². The van der Waals surface area contributed by atoms with E-state index in [-0.39, 0.29) is 5.82 Å². The van der Waals surface area contributed by atoms with Crippen molar-refractivity contribution >= 4 is 0 Å². The van der Waals surface area contributed by atoms with Crippen LogP contribution in [0.1, 0.15) is 54.5 Å². The summed E-state index contributed by atoms with van der Waals surface area (Å²) in [5.74, 6) is 0.421. The molecule has 0 spiro atoms. The molecule has 0 unspecified atom stereocenters. The van der Waals surface area contributed by atoms with Crippen LogP contribution < -0.4 is 0 Å². The number of aromatic nitrogens is 1. The van der Waals surface area contributed by atoms with Crippen LogP contribution in [0.25, 0.3) is 22.4 Å². The standard InChI is InChI=1S/C25H24FN/c1-2-20-23(17-12-14-19(26)15-13-17)22-9-5-7-16-6-3-4-8-21(16)25(22)27-24(20)18-10-11-18/h3-4,6,8,12-15,18H,2,5,7,9-11H2,1H3. The van der Waals surface area contributed by atoms with Gasteiger partial charge in [-0.1, -0.05) is 43.3 Å². The molecule has 0 radical (unpaired) electrons. The lowest BCUT2D eigenvalue weighted by Gasteiger charge is -2.21. The van der Waals surface area contributed by atoms with Gasteiger partial charge in [0.2, 0.25) is 0 Å². The Labute approximate surface area is 160 Å². The topological polar surface area (TPSA) is 12.9 Å². The molecule has 1 fully saturated rings. The van der Waals surface area contributed by atoms with Crippen molar-refractivity contribution in [2.45, 2.75) is 51.4 Å². The second-order valence-electron chi connectivity index (χ2n) is 7.82. The SMILES string of the molecule is CCc1c(C2CC2)nc2c(c1-c1ccc(F)cc1)CCCc1ccccc1-2. The normalized spacial score (nSPS) is 15.8. The maximum atomic E-state index is 13.6. The van der Waals surface area contributed by atoms with E-state index in [9.17, 15) is 4.39 Å². The minimum absolute atomic E-state index is 0.176. The summed E-state index contributed by atoms with van der Waals surface area (Å²) in [6.45, 7) is 2.23. The van der Waals surface area contributed by atoms with Gasteiger partial charge in [0.25, 0.3) is 0 Å². The van der Waals surface area contributed by atoms with Crippen molar-refractivity contribution in [2.75, 3.05) is 0 Å². The molecule has 27 heavy (non-hydrogen) atoms. The highest BCUT2D eigenvalue weighted by Crippen LogP contribution is 2.47. The zero-order chi connectivity index (χ0) is 18.4. The van der Waals surface area contributed by atoms with Crippen LogP contribution in [0.2, 0.25) is 0 Å². The Bertz CT molecular complexity index is 1000. The monoisotopic (exact) mass is 357 g/mol. The van der Waals surface area contributed by atoms with Crippen LogP contribution >= 0.6 is 0 Å². The summed E-state index contributed by atoms with van der Waals surface area (Å²) in [5, 5.41) is 0. The van der Waals surface area contributed by atoms with Crippen LogP contribution in [-0.4, -0.2) is 4.98 Å². The molecule has 0 amide bonds. The zero-order valence-corrected chi connectivity index (χ0v) is 15.8. The number of hydrogen-bond donors (Lipinski definition) is 0. The van der Waals surface area contributed by atoms with Gasteiger partial charge in [0, 0.05) is 17.2 Å². The summed E-state index contributed by atoms with van der Waals surface area (Å²) in [6.07, 6.45) is 6.70. The summed E-state index contributed by atoms with van der Waals surface area (Å²) < 4.78 is 13.6. The summed E-state index contributed by atoms with van der Waals surface area (Å²) in [4.78, 5) is 5.28. The zero-order valence-electron chi connectivity index (χ0n) is 15.8. The van der Waals surface area contributed by atoms with Gasteiger partial charge in [-0.3, -0.25) is 4.98 Å². The van der Waals surface area contributed by atoms with Gasteiger partial charge in [0.15, 0.2) is 0 Å². The fraction of sp³-hybridized carbons (Fsp3) is 0.320. The fourth-order valence-electron chi connectivity index (χ4n) is 4.59. The van der Waals surface area contributed by atoms with Crippen molar-refractivity contribution < 1.29 is 4.39 Å². The lowest BCUT2D eigenvalue weighted by atomic mass is 9.87. The van der Waals surface area contributed by atoms with E-state index in [2.05, 4.69) is 31.2 Å². The van der Waals surface area contributed by atoms with Gasteiger partial charge in [-0.15, -0.1) is 0 Å². The summed E-state index contributed by atoms with van der Waals surface area (Å²) in [7, 11) is 0. The Kier molecular flexibility index (Phi) is 4.07. The molecule has 2 heteroatoms. The van der Waals surface area contributed by atoms with E-state index in [1.54, 1.807) is 12.1 Å². The van der Waals surface area contributed by atoms with Crippen molar-refractivity contribution in [1.29, 1.82) is 0 Å². The number of rotatable bonds is 3. The number of benzene rings is 2. The Balaban J connectivity index is 1.84. The smallest absolute Gasteiger partial charge is 0.123 e. The third-order valence-corrected chi connectivity index (χ3v) is 6.03. The molecule has 0 atom stereocenters. The van der Waals surface area contributed by atoms with E-state index in [0.29, 0.717) is 5.92 Å². The van der Waals surface area contributed by atoms with Gasteiger partial charge in [0.1, 0.15) is 5.82 Å². The highest BCUT2D eigenvalue weighted by atomic mass is 19.1. The minimum Gasteiger partial charge on any atom is -0.252 e. The van der Waals surface area contributed by atoms with Gasteiger partial charge in [-0.05, 0) is 78.5 Å². The van der Waals surface area contributed by atoms with Crippen molar-refractivity contribution in [3.8, 4) is 22.4 Å². The number of pyridine rings is 1. The van der Waals surface area contributed by atoms with Crippen LogP contribution in [-0.2, 0) is 19.3 Å². The molecule has 0 saturated heterocycles. The fourth-order valence-corrected chi connectivity index (χ4v) is 4.59. The lowest BCUT2D eigenvalue weighted by Crippen LogP contribution is -2.06. The molecule has 2 aliphatic rings. The van der Waals surface area contributed by atoms with E-state index in [0.717, 1.165) is 31.2 Å². The summed E-state index contributed by atoms with van der Waals surface area (Å²) >= 11 is 0. The van der Waals surface area contributed by atoms with Gasteiger partial charge in [0.05, 0.1) is 5.69 Å². The first-order chi connectivity index (χ1) is 13.3. The summed E-state index contributed by atoms with van der Waals surface area (Å²) in [5.41, 5.74) is 10.3.